The monoisotopic (exact) mass is 309 g/mol. The Morgan fingerprint density at radius 2 is 1.54 bits per heavy atom. The van der Waals surface area contributed by atoms with Crippen molar-refractivity contribution in [3.05, 3.63) is 29.3 Å². The van der Waals surface area contributed by atoms with Crippen molar-refractivity contribution in [2.45, 2.75) is 13.8 Å². The number of benzene rings is 1. The Kier molecular flexibility index (Phi) is 7.65. The number of nitrogens with zero attached hydrogens (tertiary/aromatic N) is 1. The molecular formula is C10H17Br2N. The SMILES string of the molecule is Br.Br.Cc1ccc(C)c(N(C)C)c1. The Bertz CT molecular complexity index is 259. The molecule has 0 saturated heterocycles. The first-order valence-electron chi connectivity index (χ1n) is 3.86. The van der Waals surface area contributed by atoms with Gasteiger partial charge in [0.1, 0.15) is 0 Å². The van der Waals surface area contributed by atoms with Crippen molar-refractivity contribution in [3.8, 4) is 0 Å². The minimum Gasteiger partial charge on any atom is -0.377 e. The van der Waals surface area contributed by atoms with E-state index in [1.165, 1.54) is 16.8 Å². The van der Waals surface area contributed by atoms with Crippen molar-refractivity contribution in [3.63, 3.8) is 0 Å². The van der Waals surface area contributed by atoms with Gasteiger partial charge in [0, 0.05) is 19.8 Å². The van der Waals surface area contributed by atoms with Crippen molar-refractivity contribution in [1.29, 1.82) is 0 Å². The summed E-state index contributed by atoms with van der Waals surface area (Å²) in [5.74, 6) is 0. The minimum absolute atomic E-state index is 0. The van der Waals surface area contributed by atoms with Gasteiger partial charge in [-0.25, -0.2) is 0 Å². The van der Waals surface area contributed by atoms with Crippen molar-refractivity contribution in [2.75, 3.05) is 19.0 Å². The molecule has 1 aromatic rings. The molecule has 0 aliphatic rings. The molecule has 1 rings (SSSR count). The van der Waals surface area contributed by atoms with Crippen LogP contribution in [0, 0.1) is 13.8 Å². The summed E-state index contributed by atoms with van der Waals surface area (Å²) >= 11 is 0. The fourth-order valence-electron chi connectivity index (χ4n) is 1.20. The Balaban J connectivity index is 0. The maximum Gasteiger partial charge on any atom is 0.0393 e. The molecule has 0 N–H and O–H groups in total. The molecule has 0 aliphatic carbocycles. The van der Waals surface area contributed by atoms with Crippen LogP contribution in [0.3, 0.4) is 0 Å². The van der Waals surface area contributed by atoms with Gasteiger partial charge < -0.3 is 4.90 Å². The molecule has 0 aliphatic heterocycles. The predicted molar refractivity (Wildman–Crippen MR) is 70.9 cm³/mol. The fourth-order valence-corrected chi connectivity index (χ4v) is 1.20. The zero-order valence-electron chi connectivity index (χ0n) is 8.50. The van der Waals surface area contributed by atoms with Gasteiger partial charge in [0.05, 0.1) is 0 Å². The number of rotatable bonds is 1. The van der Waals surface area contributed by atoms with Crippen molar-refractivity contribution < 1.29 is 0 Å². The van der Waals surface area contributed by atoms with Gasteiger partial charge >= 0.3 is 0 Å². The number of anilines is 1. The molecule has 0 spiro atoms. The summed E-state index contributed by atoms with van der Waals surface area (Å²) in [4.78, 5) is 2.14. The van der Waals surface area contributed by atoms with Gasteiger partial charge in [-0.3, -0.25) is 0 Å². The van der Waals surface area contributed by atoms with E-state index in [2.05, 4.69) is 51.0 Å². The van der Waals surface area contributed by atoms with Gasteiger partial charge in [-0.1, -0.05) is 12.1 Å². The second-order valence-corrected chi connectivity index (χ2v) is 3.18. The van der Waals surface area contributed by atoms with Crippen LogP contribution in [0.1, 0.15) is 11.1 Å². The van der Waals surface area contributed by atoms with E-state index in [1.807, 2.05) is 0 Å². The molecule has 3 heteroatoms. The molecule has 0 atom stereocenters. The number of halogens is 2. The van der Waals surface area contributed by atoms with E-state index in [9.17, 15) is 0 Å². The van der Waals surface area contributed by atoms with Crippen molar-refractivity contribution in [1.82, 2.24) is 0 Å². The van der Waals surface area contributed by atoms with Crippen molar-refractivity contribution >= 4 is 39.7 Å². The lowest BCUT2D eigenvalue weighted by Gasteiger charge is -2.15. The smallest absolute Gasteiger partial charge is 0.0393 e. The zero-order chi connectivity index (χ0) is 8.43. The molecule has 0 saturated carbocycles. The summed E-state index contributed by atoms with van der Waals surface area (Å²) < 4.78 is 0. The lowest BCUT2D eigenvalue weighted by molar-refractivity contribution is 1.11. The molecule has 13 heavy (non-hydrogen) atoms. The average Bonchev–Trinajstić information content (AvgIpc) is 1.94. The standard InChI is InChI=1S/C10H15N.2BrH/c1-8-5-6-9(2)10(7-8)11(3)4;;/h5-7H,1-4H3;2*1H. The number of hydrogen-bond acceptors (Lipinski definition) is 1. The van der Waals surface area contributed by atoms with Gasteiger partial charge in [-0.05, 0) is 31.0 Å². The van der Waals surface area contributed by atoms with Crippen LogP contribution < -0.4 is 4.90 Å². The Hall–Kier alpha value is -0.0200. The third-order valence-corrected chi connectivity index (χ3v) is 1.85. The van der Waals surface area contributed by atoms with E-state index in [4.69, 9.17) is 0 Å². The van der Waals surface area contributed by atoms with E-state index in [-0.39, 0.29) is 34.0 Å². The highest BCUT2D eigenvalue weighted by atomic mass is 79.9. The van der Waals surface area contributed by atoms with Gasteiger partial charge in [0.15, 0.2) is 0 Å². The molecule has 76 valence electrons. The second-order valence-electron chi connectivity index (χ2n) is 3.18. The molecule has 1 aromatic carbocycles. The maximum absolute atomic E-state index is 2.20. The van der Waals surface area contributed by atoms with Crippen LogP contribution in [0.2, 0.25) is 0 Å². The van der Waals surface area contributed by atoms with Crippen molar-refractivity contribution in [2.24, 2.45) is 0 Å². The van der Waals surface area contributed by atoms with Gasteiger partial charge in [-0.2, -0.15) is 0 Å². The molecule has 0 unspecified atom stereocenters. The van der Waals surface area contributed by atoms with Crippen LogP contribution in [0.25, 0.3) is 0 Å². The Morgan fingerprint density at radius 1 is 1.00 bits per heavy atom. The van der Waals surface area contributed by atoms with E-state index in [0.717, 1.165) is 0 Å². The van der Waals surface area contributed by atoms with Crippen LogP contribution in [0.5, 0.6) is 0 Å². The largest absolute Gasteiger partial charge is 0.377 e. The third kappa shape index (κ3) is 4.14. The van der Waals surface area contributed by atoms with Crippen LogP contribution in [-0.2, 0) is 0 Å². The molecule has 0 bridgehead atoms. The van der Waals surface area contributed by atoms with Crippen LogP contribution in [0.15, 0.2) is 18.2 Å². The highest BCUT2D eigenvalue weighted by Crippen LogP contribution is 2.18. The van der Waals surface area contributed by atoms with E-state index in [0.29, 0.717) is 0 Å². The maximum atomic E-state index is 2.20. The summed E-state index contributed by atoms with van der Waals surface area (Å²) in [6.07, 6.45) is 0. The summed E-state index contributed by atoms with van der Waals surface area (Å²) in [7, 11) is 4.14. The number of hydrogen-bond donors (Lipinski definition) is 0. The van der Waals surface area contributed by atoms with Crippen LogP contribution in [-0.4, -0.2) is 14.1 Å². The first kappa shape index (κ1) is 15.5. The predicted octanol–water partition coefficient (Wildman–Crippen LogP) is 3.53. The van der Waals surface area contributed by atoms with Crippen LogP contribution in [0.4, 0.5) is 5.69 Å². The summed E-state index contributed by atoms with van der Waals surface area (Å²) in [5.41, 5.74) is 3.96. The normalized spacial score (nSPS) is 8.31. The van der Waals surface area contributed by atoms with E-state index in [1.54, 1.807) is 0 Å². The molecule has 1 nitrogen and oxygen atoms in total. The number of aryl methyl sites for hydroxylation is 2. The minimum atomic E-state index is 0. The molecular weight excluding hydrogens is 294 g/mol. The first-order chi connectivity index (χ1) is 5.11. The van der Waals surface area contributed by atoms with E-state index < -0.39 is 0 Å². The van der Waals surface area contributed by atoms with E-state index >= 15 is 0 Å². The topological polar surface area (TPSA) is 3.24 Å². The van der Waals surface area contributed by atoms with Gasteiger partial charge in [0.2, 0.25) is 0 Å². The lowest BCUT2D eigenvalue weighted by Crippen LogP contribution is -2.10. The summed E-state index contributed by atoms with van der Waals surface area (Å²) in [6.45, 7) is 4.25. The molecule has 0 radical (unpaired) electrons. The first-order valence-corrected chi connectivity index (χ1v) is 3.86. The van der Waals surface area contributed by atoms with Gasteiger partial charge in [0.25, 0.3) is 0 Å². The van der Waals surface area contributed by atoms with Gasteiger partial charge in [-0.15, -0.1) is 34.0 Å². The molecule has 0 amide bonds. The lowest BCUT2D eigenvalue weighted by atomic mass is 10.1. The fraction of sp³-hybridized carbons (Fsp3) is 0.400. The average molecular weight is 311 g/mol. The summed E-state index contributed by atoms with van der Waals surface area (Å²) in [6, 6.07) is 6.50. The highest BCUT2D eigenvalue weighted by molar-refractivity contribution is 8.93. The Morgan fingerprint density at radius 3 is 1.92 bits per heavy atom. The Labute approximate surface area is 102 Å². The molecule has 0 aromatic heterocycles. The third-order valence-electron chi connectivity index (χ3n) is 1.85. The zero-order valence-corrected chi connectivity index (χ0v) is 11.9. The quantitative estimate of drug-likeness (QED) is 0.767. The molecule has 0 heterocycles. The second kappa shape index (κ2) is 6.44. The highest BCUT2D eigenvalue weighted by Gasteiger charge is 1.98. The summed E-state index contributed by atoms with van der Waals surface area (Å²) in [5, 5.41) is 0. The molecule has 0 fully saturated rings. The van der Waals surface area contributed by atoms with Crippen LogP contribution >= 0.6 is 34.0 Å².